The smallest absolute Gasteiger partial charge is 0.311 e. The fraction of sp³-hybridized carbons (Fsp3) is 0.417. The summed E-state index contributed by atoms with van der Waals surface area (Å²) in [6, 6.07) is 3.71. The first-order chi connectivity index (χ1) is 9.10. The van der Waals surface area contributed by atoms with Gasteiger partial charge in [0.1, 0.15) is 0 Å². The van der Waals surface area contributed by atoms with Crippen LogP contribution in [0.4, 0.5) is 0 Å². The van der Waals surface area contributed by atoms with Crippen molar-refractivity contribution in [1.29, 1.82) is 0 Å². The first-order valence-corrected chi connectivity index (χ1v) is 6.68. The van der Waals surface area contributed by atoms with Crippen LogP contribution in [0.1, 0.15) is 11.3 Å². The van der Waals surface area contributed by atoms with Crippen molar-refractivity contribution in [2.45, 2.75) is 12.8 Å². The van der Waals surface area contributed by atoms with Crippen LogP contribution in [0, 0.1) is 5.92 Å². The van der Waals surface area contributed by atoms with Crippen LogP contribution in [0.3, 0.4) is 0 Å². The Kier molecular flexibility index (Phi) is 4.16. The second-order valence-corrected chi connectivity index (χ2v) is 5.25. The highest BCUT2D eigenvalue weighted by Crippen LogP contribution is 2.15. The highest BCUT2D eigenvalue weighted by molar-refractivity contribution is 7.10. The monoisotopic (exact) mass is 282 g/mol. The second kappa shape index (κ2) is 5.83. The van der Waals surface area contributed by atoms with Gasteiger partial charge < -0.3 is 4.74 Å². The van der Waals surface area contributed by atoms with Crippen LogP contribution in [0.15, 0.2) is 17.5 Å². The Morgan fingerprint density at radius 3 is 3.00 bits per heavy atom. The molecule has 1 unspecified atom stereocenters. The lowest BCUT2D eigenvalue weighted by molar-refractivity contribution is -0.156. The molecule has 1 atom stereocenters. The topological polar surface area (TPSA) is 75.7 Å². The van der Waals surface area contributed by atoms with Crippen molar-refractivity contribution in [2.24, 2.45) is 5.92 Å². The van der Waals surface area contributed by atoms with Gasteiger partial charge in [-0.05, 0) is 11.4 Å². The maximum atomic E-state index is 12.0. The summed E-state index contributed by atoms with van der Waals surface area (Å²) in [4.78, 5) is 35.9. The number of hydrogen-bond acceptors (Lipinski definition) is 5. The van der Waals surface area contributed by atoms with Crippen molar-refractivity contribution in [3.63, 3.8) is 0 Å². The third-order valence-electron chi connectivity index (χ3n) is 2.84. The van der Waals surface area contributed by atoms with E-state index in [1.807, 2.05) is 17.5 Å². The van der Waals surface area contributed by atoms with Gasteiger partial charge in [0.25, 0.3) is 0 Å². The fourth-order valence-corrected chi connectivity index (χ4v) is 2.59. The molecule has 7 heteroatoms. The average Bonchev–Trinajstić information content (AvgIpc) is 2.89. The lowest BCUT2D eigenvalue weighted by atomic mass is 10.0. The van der Waals surface area contributed by atoms with E-state index in [4.69, 9.17) is 0 Å². The van der Waals surface area contributed by atoms with Crippen LogP contribution in [-0.2, 0) is 25.5 Å². The highest BCUT2D eigenvalue weighted by atomic mass is 32.1. The number of thiophene rings is 1. The third kappa shape index (κ3) is 3.31. The first kappa shape index (κ1) is 13.5. The molecule has 1 aliphatic rings. The Labute approximate surface area is 114 Å². The summed E-state index contributed by atoms with van der Waals surface area (Å²) in [6.07, 6.45) is 0.265. The maximum absolute atomic E-state index is 12.0. The summed E-state index contributed by atoms with van der Waals surface area (Å²) in [6.45, 7) is 0.155. The van der Waals surface area contributed by atoms with E-state index in [-0.39, 0.29) is 31.2 Å². The fourth-order valence-electron chi connectivity index (χ4n) is 1.90. The summed E-state index contributed by atoms with van der Waals surface area (Å²) in [5, 5.41) is 3.09. The van der Waals surface area contributed by atoms with Gasteiger partial charge in [-0.1, -0.05) is 6.07 Å². The molecule has 0 bridgehead atoms. The van der Waals surface area contributed by atoms with E-state index >= 15 is 0 Å². The van der Waals surface area contributed by atoms with E-state index < -0.39 is 11.9 Å². The van der Waals surface area contributed by atoms with Crippen molar-refractivity contribution in [3.8, 4) is 0 Å². The van der Waals surface area contributed by atoms with E-state index in [1.165, 1.54) is 23.5 Å². The van der Waals surface area contributed by atoms with Crippen LogP contribution in [-0.4, -0.2) is 36.4 Å². The van der Waals surface area contributed by atoms with E-state index in [1.54, 1.807) is 0 Å². The van der Waals surface area contributed by atoms with Crippen molar-refractivity contribution in [1.82, 2.24) is 10.4 Å². The quantitative estimate of drug-likeness (QED) is 0.811. The molecular formula is C12H14N2O4S. The van der Waals surface area contributed by atoms with Gasteiger partial charge in [-0.2, -0.15) is 0 Å². The molecule has 1 fully saturated rings. The Morgan fingerprint density at radius 1 is 1.58 bits per heavy atom. The number of rotatable bonds is 3. The van der Waals surface area contributed by atoms with Gasteiger partial charge in [0.05, 0.1) is 26.0 Å². The molecule has 6 nitrogen and oxygen atoms in total. The largest absolute Gasteiger partial charge is 0.469 e. The average molecular weight is 282 g/mol. The molecule has 2 rings (SSSR count). The molecular weight excluding hydrogens is 268 g/mol. The molecule has 0 aromatic carbocycles. The van der Waals surface area contributed by atoms with Gasteiger partial charge in [0.2, 0.25) is 11.8 Å². The lowest BCUT2D eigenvalue weighted by Crippen LogP contribution is -2.55. The van der Waals surface area contributed by atoms with Crippen LogP contribution in [0.5, 0.6) is 0 Å². The number of carbonyl (C=O) groups is 3. The normalized spacial score (nSPS) is 18.9. The third-order valence-corrected chi connectivity index (χ3v) is 3.71. The molecule has 1 N–H and O–H groups in total. The van der Waals surface area contributed by atoms with Crippen LogP contribution < -0.4 is 5.43 Å². The van der Waals surface area contributed by atoms with Crippen molar-refractivity contribution >= 4 is 29.1 Å². The van der Waals surface area contributed by atoms with Gasteiger partial charge >= 0.3 is 5.97 Å². The number of amides is 2. The molecule has 1 aliphatic heterocycles. The molecule has 1 aromatic rings. The Hall–Kier alpha value is -1.89. The summed E-state index contributed by atoms with van der Waals surface area (Å²) >= 11 is 1.48. The zero-order valence-electron chi connectivity index (χ0n) is 10.4. The Morgan fingerprint density at radius 2 is 2.37 bits per heavy atom. The molecule has 0 aliphatic carbocycles. The number of esters is 1. The maximum Gasteiger partial charge on any atom is 0.311 e. The molecule has 1 saturated heterocycles. The molecule has 2 amide bonds. The summed E-state index contributed by atoms with van der Waals surface area (Å²) in [7, 11) is 1.27. The number of nitrogens with zero attached hydrogens (tertiary/aromatic N) is 1. The molecule has 1 aromatic heterocycles. The SMILES string of the molecule is COC(=O)C1CC(=O)NN(C(=O)Cc2cccs2)C1. The Balaban J connectivity index is 2.00. The van der Waals surface area contributed by atoms with Gasteiger partial charge in [0, 0.05) is 11.3 Å². The molecule has 0 spiro atoms. The summed E-state index contributed by atoms with van der Waals surface area (Å²) < 4.78 is 4.62. The lowest BCUT2D eigenvalue weighted by Gasteiger charge is -2.31. The van der Waals surface area contributed by atoms with Crippen molar-refractivity contribution in [2.75, 3.05) is 13.7 Å². The minimum absolute atomic E-state index is 0.0510. The number of nitrogens with one attached hydrogen (secondary N) is 1. The first-order valence-electron chi connectivity index (χ1n) is 5.80. The van der Waals surface area contributed by atoms with Crippen LogP contribution in [0.25, 0.3) is 0 Å². The highest BCUT2D eigenvalue weighted by Gasteiger charge is 2.33. The van der Waals surface area contributed by atoms with E-state index in [0.29, 0.717) is 0 Å². The molecule has 0 radical (unpaired) electrons. The van der Waals surface area contributed by atoms with Crippen molar-refractivity contribution < 1.29 is 19.1 Å². The predicted molar refractivity (Wildman–Crippen MR) is 68.0 cm³/mol. The van der Waals surface area contributed by atoms with Crippen molar-refractivity contribution in [3.05, 3.63) is 22.4 Å². The number of ether oxygens (including phenoxy) is 1. The van der Waals surface area contributed by atoms with E-state index in [9.17, 15) is 14.4 Å². The van der Waals surface area contributed by atoms with Crippen LogP contribution >= 0.6 is 11.3 Å². The Bertz CT molecular complexity index is 486. The van der Waals surface area contributed by atoms with Gasteiger partial charge in [0.15, 0.2) is 0 Å². The minimum atomic E-state index is -0.592. The molecule has 102 valence electrons. The second-order valence-electron chi connectivity index (χ2n) is 4.22. The predicted octanol–water partition coefficient (Wildman–Crippen LogP) is 0.343. The standard InChI is InChI=1S/C12H14N2O4S/c1-18-12(17)8-5-10(15)13-14(7-8)11(16)6-9-3-2-4-19-9/h2-4,8H,5-7H2,1H3,(H,13,15). The van der Waals surface area contributed by atoms with E-state index in [2.05, 4.69) is 10.2 Å². The molecule has 19 heavy (non-hydrogen) atoms. The molecule has 0 saturated carbocycles. The van der Waals surface area contributed by atoms with Crippen LogP contribution in [0.2, 0.25) is 0 Å². The number of hydrazine groups is 1. The summed E-state index contributed by atoms with van der Waals surface area (Å²) in [5.74, 6) is -1.64. The van der Waals surface area contributed by atoms with Gasteiger partial charge in [-0.15, -0.1) is 11.3 Å². The number of hydrogen-bond donors (Lipinski definition) is 1. The molecule has 2 heterocycles. The number of methoxy groups -OCH3 is 1. The van der Waals surface area contributed by atoms with Gasteiger partial charge in [-0.25, -0.2) is 0 Å². The zero-order valence-corrected chi connectivity index (χ0v) is 11.2. The zero-order chi connectivity index (χ0) is 13.8. The number of carbonyl (C=O) groups excluding carboxylic acids is 3. The minimum Gasteiger partial charge on any atom is -0.469 e. The van der Waals surface area contributed by atoms with E-state index in [0.717, 1.165) is 4.88 Å². The van der Waals surface area contributed by atoms with Gasteiger partial charge in [-0.3, -0.25) is 24.8 Å². The summed E-state index contributed by atoms with van der Waals surface area (Å²) in [5.41, 5.74) is 2.48.